The average Bonchev–Trinajstić information content (AvgIpc) is 2.71. The maximum atomic E-state index is 11.7. The van der Waals surface area contributed by atoms with Crippen LogP contribution in [0.25, 0.3) is 0 Å². The van der Waals surface area contributed by atoms with Crippen LogP contribution in [0.2, 0.25) is 0 Å². The fourth-order valence-electron chi connectivity index (χ4n) is 2.34. The zero-order chi connectivity index (χ0) is 21.1. The highest BCUT2D eigenvalue weighted by Crippen LogP contribution is 2.13. The number of nitrogen functional groups attached to an aromatic ring is 1. The number of hydrogen-bond donors (Lipinski definition) is 4. The summed E-state index contributed by atoms with van der Waals surface area (Å²) in [5, 5.41) is 16.1. The molecule has 0 atom stereocenters. The second-order valence-electron chi connectivity index (χ2n) is 6.20. The van der Waals surface area contributed by atoms with Gasteiger partial charge in [-0.25, -0.2) is 10.3 Å². The summed E-state index contributed by atoms with van der Waals surface area (Å²) in [4.78, 5) is 38.7. The van der Waals surface area contributed by atoms with Crippen molar-refractivity contribution in [3.8, 4) is 0 Å². The number of nitrogens with two attached hydrogens (primary N) is 1. The van der Waals surface area contributed by atoms with E-state index in [1.54, 1.807) is 24.3 Å². The number of carbonyl (C=O) groups is 2. The van der Waals surface area contributed by atoms with E-state index in [-0.39, 0.29) is 30.7 Å². The van der Waals surface area contributed by atoms with Gasteiger partial charge in [-0.1, -0.05) is 24.3 Å². The number of non-ortho nitro benzene ring substituents is 1. The third kappa shape index (κ3) is 8.26. The molecule has 29 heavy (non-hydrogen) atoms. The van der Waals surface area contributed by atoms with Crippen LogP contribution in [0.15, 0.2) is 48.5 Å². The molecule has 0 unspecified atom stereocenters. The normalized spacial score (nSPS) is 10.2. The first-order chi connectivity index (χ1) is 13.9. The Morgan fingerprint density at radius 1 is 1.07 bits per heavy atom. The molecule has 0 aliphatic rings. The molecule has 2 aromatic rings. The molecule has 0 saturated carbocycles. The van der Waals surface area contributed by atoms with Gasteiger partial charge in [-0.3, -0.25) is 19.7 Å². The van der Waals surface area contributed by atoms with E-state index >= 15 is 0 Å². The van der Waals surface area contributed by atoms with Crippen LogP contribution in [0.4, 0.5) is 16.2 Å². The minimum absolute atomic E-state index is 0.0131. The van der Waals surface area contributed by atoms with Gasteiger partial charge in [-0.2, -0.15) is 0 Å². The lowest BCUT2D eigenvalue weighted by Crippen LogP contribution is -2.36. The van der Waals surface area contributed by atoms with Crippen LogP contribution in [0.5, 0.6) is 0 Å². The number of urea groups is 1. The quantitative estimate of drug-likeness (QED) is 0.207. The number of anilines is 1. The number of nitro groups is 1. The van der Waals surface area contributed by atoms with E-state index in [9.17, 15) is 19.7 Å². The first-order valence-corrected chi connectivity index (χ1v) is 8.94. The molecule has 10 heteroatoms. The van der Waals surface area contributed by atoms with Crippen molar-refractivity contribution < 1.29 is 19.3 Å². The first-order valence-electron chi connectivity index (χ1n) is 8.94. The highest BCUT2D eigenvalue weighted by Gasteiger charge is 2.07. The number of nitro benzene ring substituents is 1. The average molecular weight is 401 g/mol. The summed E-state index contributed by atoms with van der Waals surface area (Å²) in [6.07, 6.45) is 0.592. The van der Waals surface area contributed by atoms with Crippen LogP contribution in [-0.4, -0.2) is 23.4 Å². The Morgan fingerprint density at radius 3 is 2.55 bits per heavy atom. The van der Waals surface area contributed by atoms with Gasteiger partial charge in [-0.15, -0.1) is 0 Å². The molecule has 154 valence electrons. The van der Waals surface area contributed by atoms with Gasteiger partial charge in [-0.05, 0) is 29.7 Å². The van der Waals surface area contributed by atoms with Crippen molar-refractivity contribution in [1.29, 1.82) is 0 Å². The van der Waals surface area contributed by atoms with Crippen molar-refractivity contribution >= 4 is 23.3 Å². The molecule has 0 heterocycles. The summed E-state index contributed by atoms with van der Waals surface area (Å²) < 4.78 is 0. The largest absolute Gasteiger partial charge is 0.399 e. The van der Waals surface area contributed by atoms with Crippen molar-refractivity contribution in [3.05, 3.63) is 69.8 Å². The topological polar surface area (TPSA) is 149 Å². The highest BCUT2D eigenvalue weighted by molar-refractivity contribution is 5.75. The molecule has 2 aromatic carbocycles. The van der Waals surface area contributed by atoms with E-state index in [2.05, 4.69) is 16.1 Å². The van der Waals surface area contributed by atoms with E-state index in [0.717, 1.165) is 5.56 Å². The van der Waals surface area contributed by atoms with Gasteiger partial charge in [0.25, 0.3) is 5.69 Å². The lowest BCUT2D eigenvalue weighted by molar-refractivity contribution is -0.385. The van der Waals surface area contributed by atoms with Crippen molar-refractivity contribution in [3.63, 3.8) is 0 Å². The Bertz CT molecular complexity index is 841. The number of nitrogens with one attached hydrogen (secondary N) is 3. The summed E-state index contributed by atoms with van der Waals surface area (Å²) in [6, 6.07) is 12.8. The number of nitrogens with zero attached hydrogens (tertiary/aromatic N) is 1. The molecular formula is C19H23N5O5. The van der Waals surface area contributed by atoms with E-state index in [1.807, 2.05) is 12.1 Å². The Kier molecular flexibility index (Phi) is 8.39. The van der Waals surface area contributed by atoms with Gasteiger partial charge >= 0.3 is 6.03 Å². The molecule has 0 spiro atoms. The van der Waals surface area contributed by atoms with Crippen LogP contribution in [0, 0.1) is 10.1 Å². The molecule has 0 aromatic heterocycles. The van der Waals surface area contributed by atoms with Crippen LogP contribution >= 0.6 is 0 Å². The molecule has 0 saturated heterocycles. The number of hydroxylamine groups is 1. The first kappa shape index (κ1) is 21.6. The standard InChI is InChI=1S/C19H23N5O5/c20-16-8-6-14(7-9-16)12-22-19(26)21-10-2-5-18(25)23-29-13-15-3-1-4-17(11-15)24(27)28/h1,3-4,6-9,11H,2,5,10,12-13,20H2,(H,23,25)(H2,21,22,26). The fourth-order valence-corrected chi connectivity index (χ4v) is 2.34. The number of benzene rings is 2. The SMILES string of the molecule is Nc1ccc(CNC(=O)NCCCC(=O)NOCc2cccc([N+](=O)[O-])c2)cc1. The third-order valence-corrected chi connectivity index (χ3v) is 3.85. The van der Waals surface area contributed by atoms with Gasteiger partial charge in [0.15, 0.2) is 0 Å². The Labute approximate surface area is 167 Å². The summed E-state index contributed by atoms with van der Waals surface area (Å²) >= 11 is 0. The second-order valence-corrected chi connectivity index (χ2v) is 6.20. The zero-order valence-electron chi connectivity index (χ0n) is 15.7. The molecule has 0 aliphatic carbocycles. The summed E-state index contributed by atoms with van der Waals surface area (Å²) in [5.41, 5.74) is 9.98. The zero-order valence-corrected chi connectivity index (χ0v) is 15.7. The monoisotopic (exact) mass is 401 g/mol. The number of rotatable bonds is 10. The van der Waals surface area contributed by atoms with Crippen molar-refractivity contribution in [2.45, 2.75) is 26.0 Å². The van der Waals surface area contributed by atoms with Crippen LogP contribution < -0.4 is 21.8 Å². The van der Waals surface area contributed by atoms with Crippen molar-refractivity contribution in [1.82, 2.24) is 16.1 Å². The summed E-state index contributed by atoms with van der Waals surface area (Å²) in [7, 11) is 0. The van der Waals surface area contributed by atoms with E-state index in [1.165, 1.54) is 12.1 Å². The predicted molar refractivity (Wildman–Crippen MR) is 106 cm³/mol. The fraction of sp³-hybridized carbons (Fsp3) is 0.263. The molecule has 0 aliphatic heterocycles. The van der Waals surface area contributed by atoms with Crippen LogP contribution in [0.3, 0.4) is 0 Å². The molecule has 0 radical (unpaired) electrons. The molecule has 0 bridgehead atoms. The minimum Gasteiger partial charge on any atom is -0.399 e. The van der Waals surface area contributed by atoms with Gasteiger partial charge in [0.1, 0.15) is 6.61 Å². The maximum Gasteiger partial charge on any atom is 0.315 e. The van der Waals surface area contributed by atoms with Gasteiger partial charge in [0.05, 0.1) is 4.92 Å². The highest BCUT2D eigenvalue weighted by atomic mass is 16.7. The summed E-state index contributed by atoms with van der Waals surface area (Å²) in [5.74, 6) is -0.348. The Morgan fingerprint density at radius 2 is 1.83 bits per heavy atom. The molecule has 10 nitrogen and oxygen atoms in total. The number of hydrogen-bond acceptors (Lipinski definition) is 6. The lowest BCUT2D eigenvalue weighted by atomic mass is 10.2. The molecule has 2 rings (SSSR count). The minimum atomic E-state index is -0.499. The third-order valence-electron chi connectivity index (χ3n) is 3.85. The lowest BCUT2D eigenvalue weighted by Gasteiger charge is -2.08. The second kappa shape index (κ2) is 11.2. The Balaban J connectivity index is 1.55. The predicted octanol–water partition coefficient (Wildman–Crippen LogP) is 2.00. The van der Waals surface area contributed by atoms with E-state index < -0.39 is 4.92 Å². The van der Waals surface area contributed by atoms with E-state index in [0.29, 0.717) is 30.8 Å². The van der Waals surface area contributed by atoms with E-state index in [4.69, 9.17) is 10.6 Å². The van der Waals surface area contributed by atoms with Crippen molar-refractivity contribution in [2.24, 2.45) is 0 Å². The van der Waals surface area contributed by atoms with Gasteiger partial charge < -0.3 is 16.4 Å². The van der Waals surface area contributed by atoms with Crippen LogP contribution in [0.1, 0.15) is 24.0 Å². The van der Waals surface area contributed by atoms with Crippen molar-refractivity contribution in [2.75, 3.05) is 12.3 Å². The maximum absolute atomic E-state index is 11.7. The van der Waals surface area contributed by atoms with Gasteiger partial charge in [0, 0.05) is 37.3 Å². The number of carbonyl (C=O) groups excluding carboxylic acids is 2. The van der Waals surface area contributed by atoms with Crippen LogP contribution in [-0.2, 0) is 22.8 Å². The Hall–Kier alpha value is -3.66. The molecule has 5 N–H and O–H groups in total. The number of amides is 3. The smallest absolute Gasteiger partial charge is 0.315 e. The molecular weight excluding hydrogens is 378 g/mol. The summed E-state index contributed by atoms with van der Waals surface area (Å²) in [6.45, 7) is 0.711. The molecule has 0 fully saturated rings. The molecule has 3 amide bonds. The van der Waals surface area contributed by atoms with Gasteiger partial charge in [0.2, 0.25) is 5.91 Å².